The van der Waals surface area contributed by atoms with E-state index in [-0.39, 0.29) is 17.5 Å². The van der Waals surface area contributed by atoms with Crippen molar-refractivity contribution in [2.75, 3.05) is 25.1 Å². The third kappa shape index (κ3) is 5.10. The molecule has 0 aliphatic carbocycles. The van der Waals surface area contributed by atoms with Crippen LogP contribution in [0.3, 0.4) is 0 Å². The van der Waals surface area contributed by atoms with Crippen LogP contribution in [0.4, 0.5) is 5.69 Å². The Bertz CT molecular complexity index is 941. The highest BCUT2D eigenvalue weighted by Gasteiger charge is 2.38. The quantitative estimate of drug-likeness (QED) is 0.426. The summed E-state index contributed by atoms with van der Waals surface area (Å²) < 4.78 is 5.57. The Balaban J connectivity index is 1.83. The molecule has 0 spiro atoms. The van der Waals surface area contributed by atoms with Crippen molar-refractivity contribution in [1.29, 1.82) is 0 Å². The molecule has 158 valence electrons. The van der Waals surface area contributed by atoms with Gasteiger partial charge in [-0.15, -0.1) is 0 Å². The predicted octanol–water partition coefficient (Wildman–Crippen LogP) is 5.05. The number of hydrogen-bond donors (Lipinski definition) is 1. The number of ether oxygens (including phenoxy) is 1. The number of carbonyl (C=O) groups excluding carboxylic acids is 2. The third-order valence-electron chi connectivity index (χ3n) is 5.00. The van der Waals surface area contributed by atoms with Gasteiger partial charge in [0.25, 0.3) is 11.8 Å². The molecule has 1 N–H and O–H groups in total. The maximum absolute atomic E-state index is 13.2. The summed E-state index contributed by atoms with van der Waals surface area (Å²) in [5.41, 5.74) is 3.01. The molecule has 0 saturated heterocycles. The van der Waals surface area contributed by atoms with E-state index in [1.54, 1.807) is 12.1 Å². The highest BCUT2D eigenvalue weighted by Crippen LogP contribution is 2.32. The zero-order valence-electron chi connectivity index (χ0n) is 17.4. The van der Waals surface area contributed by atoms with Gasteiger partial charge in [-0.05, 0) is 43.0 Å². The van der Waals surface area contributed by atoms with E-state index >= 15 is 0 Å². The number of nitrogens with zero attached hydrogens (tertiary/aromatic N) is 1. The van der Waals surface area contributed by atoms with E-state index in [0.717, 1.165) is 18.4 Å². The molecule has 6 heteroatoms. The Morgan fingerprint density at radius 2 is 1.73 bits per heavy atom. The van der Waals surface area contributed by atoms with Crippen LogP contribution in [0.5, 0.6) is 0 Å². The van der Waals surface area contributed by atoms with Crippen LogP contribution in [0.25, 0.3) is 5.57 Å². The van der Waals surface area contributed by atoms with Gasteiger partial charge in [-0.2, -0.15) is 0 Å². The van der Waals surface area contributed by atoms with Gasteiger partial charge in [-0.25, -0.2) is 0 Å². The lowest BCUT2D eigenvalue weighted by Gasteiger charge is -2.15. The fraction of sp³-hybridized carbons (Fsp3) is 0.333. The van der Waals surface area contributed by atoms with Gasteiger partial charge in [-0.1, -0.05) is 61.3 Å². The molecule has 2 amide bonds. The monoisotopic (exact) mass is 426 g/mol. The molecule has 2 aromatic carbocycles. The summed E-state index contributed by atoms with van der Waals surface area (Å²) in [6.45, 7) is 5.58. The van der Waals surface area contributed by atoms with Gasteiger partial charge in [0, 0.05) is 30.5 Å². The first kappa shape index (κ1) is 22.1. The molecule has 1 heterocycles. The van der Waals surface area contributed by atoms with Crippen LogP contribution >= 0.6 is 11.6 Å². The molecule has 0 unspecified atom stereocenters. The van der Waals surface area contributed by atoms with Gasteiger partial charge in [0.1, 0.15) is 5.70 Å². The zero-order chi connectivity index (χ0) is 21.5. The lowest BCUT2D eigenvalue weighted by molar-refractivity contribution is -0.137. The molecule has 1 aliphatic heterocycles. The van der Waals surface area contributed by atoms with Gasteiger partial charge in [0.15, 0.2) is 0 Å². The van der Waals surface area contributed by atoms with Crippen molar-refractivity contribution in [2.45, 2.75) is 33.1 Å². The summed E-state index contributed by atoms with van der Waals surface area (Å²) in [6.07, 6.45) is 2.69. The van der Waals surface area contributed by atoms with Crippen molar-refractivity contribution in [3.63, 3.8) is 0 Å². The normalized spacial score (nSPS) is 14.0. The molecule has 0 saturated carbocycles. The maximum atomic E-state index is 13.2. The minimum atomic E-state index is -0.327. The van der Waals surface area contributed by atoms with E-state index in [0.29, 0.717) is 48.0 Å². The highest BCUT2D eigenvalue weighted by atomic mass is 35.5. The largest absolute Gasteiger partial charge is 0.381 e. The van der Waals surface area contributed by atoms with Crippen LogP contribution in [0.15, 0.2) is 54.2 Å². The number of halogens is 1. The van der Waals surface area contributed by atoms with Crippen molar-refractivity contribution in [3.8, 4) is 0 Å². The first-order chi connectivity index (χ1) is 14.5. The fourth-order valence-electron chi connectivity index (χ4n) is 3.30. The maximum Gasteiger partial charge on any atom is 0.278 e. The SMILES string of the molecule is CCCCOCCCN1C(=O)C(Nc2cc(Cl)ccc2C)=C(c2ccccc2)C1=O. The summed E-state index contributed by atoms with van der Waals surface area (Å²) >= 11 is 6.14. The Morgan fingerprint density at radius 1 is 1.00 bits per heavy atom. The molecule has 2 aromatic rings. The van der Waals surface area contributed by atoms with Crippen LogP contribution in [0.1, 0.15) is 37.3 Å². The summed E-state index contributed by atoms with van der Waals surface area (Å²) in [4.78, 5) is 27.7. The van der Waals surface area contributed by atoms with Crippen LogP contribution in [-0.4, -0.2) is 36.5 Å². The summed E-state index contributed by atoms with van der Waals surface area (Å²) in [5, 5.41) is 3.74. The number of carbonyl (C=O) groups is 2. The number of unbranched alkanes of at least 4 members (excludes halogenated alkanes) is 1. The number of benzene rings is 2. The van der Waals surface area contributed by atoms with Crippen LogP contribution < -0.4 is 5.32 Å². The second kappa shape index (κ2) is 10.4. The molecule has 0 aromatic heterocycles. The third-order valence-corrected chi connectivity index (χ3v) is 5.24. The average molecular weight is 427 g/mol. The van der Waals surface area contributed by atoms with E-state index in [1.807, 2.05) is 43.3 Å². The number of anilines is 1. The van der Waals surface area contributed by atoms with E-state index in [4.69, 9.17) is 16.3 Å². The predicted molar refractivity (Wildman–Crippen MR) is 120 cm³/mol. The minimum absolute atomic E-state index is 0.281. The molecule has 5 nitrogen and oxygen atoms in total. The lowest BCUT2D eigenvalue weighted by atomic mass is 10.0. The summed E-state index contributed by atoms with van der Waals surface area (Å²) in [6, 6.07) is 14.7. The second-order valence-corrected chi connectivity index (χ2v) is 7.72. The second-order valence-electron chi connectivity index (χ2n) is 7.28. The van der Waals surface area contributed by atoms with Gasteiger partial charge >= 0.3 is 0 Å². The standard InChI is InChI=1S/C24H27ClN2O3/c1-3-4-14-30-15-8-13-27-23(28)21(18-9-6-5-7-10-18)22(24(27)29)26-20-16-19(25)12-11-17(20)2/h5-7,9-12,16,26H,3-4,8,13-15H2,1-2H3. The van der Waals surface area contributed by atoms with E-state index in [1.165, 1.54) is 4.90 Å². The highest BCUT2D eigenvalue weighted by molar-refractivity contribution is 6.36. The molecule has 0 bridgehead atoms. The van der Waals surface area contributed by atoms with Gasteiger partial charge in [0.2, 0.25) is 0 Å². The van der Waals surface area contributed by atoms with E-state index in [9.17, 15) is 9.59 Å². The number of amides is 2. The summed E-state index contributed by atoms with van der Waals surface area (Å²) in [7, 11) is 0. The Labute approximate surface area is 182 Å². The molecular formula is C24H27ClN2O3. The van der Waals surface area contributed by atoms with Crippen molar-refractivity contribution in [1.82, 2.24) is 4.90 Å². The minimum Gasteiger partial charge on any atom is -0.381 e. The van der Waals surface area contributed by atoms with Crippen LogP contribution in [-0.2, 0) is 14.3 Å². The van der Waals surface area contributed by atoms with Gasteiger partial charge in [0.05, 0.1) is 5.57 Å². The van der Waals surface area contributed by atoms with Crippen LogP contribution in [0.2, 0.25) is 5.02 Å². The number of aryl methyl sites for hydroxylation is 1. The van der Waals surface area contributed by atoms with Crippen molar-refractivity contribution in [3.05, 3.63) is 70.4 Å². The molecular weight excluding hydrogens is 400 g/mol. The number of rotatable bonds is 10. The topological polar surface area (TPSA) is 58.6 Å². The Hall–Kier alpha value is -2.63. The Morgan fingerprint density at radius 3 is 2.47 bits per heavy atom. The molecule has 0 fully saturated rings. The molecule has 3 rings (SSSR count). The van der Waals surface area contributed by atoms with Gasteiger partial charge in [-0.3, -0.25) is 14.5 Å². The fourth-order valence-corrected chi connectivity index (χ4v) is 3.48. The average Bonchev–Trinajstić information content (AvgIpc) is 2.97. The number of nitrogens with one attached hydrogen (secondary N) is 1. The molecule has 0 radical (unpaired) electrons. The smallest absolute Gasteiger partial charge is 0.278 e. The lowest BCUT2D eigenvalue weighted by Crippen LogP contribution is -2.34. The first-order valence-electron chi connectivity index (χ1n) is 10.3. The first-order valence-corrected chi connectivity index (χ1v) is 10.7. The van der Waals surface area contributed by atoms with E-state index in [2.05, 4.69) is 12.2 Å². The van der Waals surface area contributed by atoms with Crippen molar-refractivity contribution in [2.24, 2.45) is 0 Å². The van der Waals surface area contributed by atoms with Crippen molar-refractivity contribution < 1.29 is 14.3 Å². The van der Waals surface area contributed by atoms with Crippen molar-refractivity contribution >= 4 is 34.7 Å². The molecule has 0 atom stereocenters. The zero-order valence-corrected chi connectivity index (χ0v) is 18.2. The number of imide groups is 1. The Kier molecular flexibility index (Phi) is 7.66. The molecule has 1 aliphatic rings. The van der Waals surface area contributed by atoms with Crippen LogP contribution in [0, 0.1) is 6.92 Å². The van der Waals surface area contributed by atoms with E-state index < -0.39 is 0 Å². The number of hydrogen-bond acceptors (Lipinski definition) is 4. The molecule has 30 heavy (non-hydrogen) atoms. The summed E-state index contributed by atoms with van der Waals surface area (Å²) in [5.74, 6) is -0.617. The van der Waals surface area contributed by atoms with Gasteiger partial charge < -0.3 is 10.1 Å².